The Balaban J connectivity index is 1.85. The molecule has 0 radical (unpaired) electrons. The lowest BCUT2D eigenvalue weighted by molar-refractivity contribution is 0.516. The van der Waals surface area contributed by atoms with Gasteiger partial charge in [0, 0.05) is 23.5 Å². The minimum absolute atomic E-state index is 0.365. The van der Waals surface area contributed by atoms with Crippen molar-refractivity contribution in [3.8, 4) is 0 Å². The summed E-state index contributed by atoms with van der Waals surface area (Å²) >= 11 is 1.55. The molecule has 20 heavy (non-hydrogen) atoms. The molecule has 0 aliphatic heterocycles. The van der Waals surface area contributed by atoms with Crippen LogP contribution in [-0.2, 0) is 6.54 Å². The quantitative estimate of drug-likeness (QED) is 0.571. The molecule has 0 aliphatic carbocycles. The number of thiazole rings is 1. The van der Waals surface area contributed by atoms with Gasteiger partial charge < -0.3 is 10.2 Å². The predicted octanol–water partition coefficient (Wildman–Crippen LogP) is 1.93. The van der Waals surface area contributed by atoms with Crippen molar-refractivity contribution in [3.63, 3.8) is 0 Å². The first-order valence-corrected chi connectivity index (χ1v) is 6.88. The molecule has 0 atom stereocenters. The summed E-state index contributed by atoms with van der Waals surface area (Å²) in [5.74, 6) is -0.401. The van der Waals surface area contributed by atoms with Gasteiger partial charge in [-0.1, -0.05) is 0 Å². The first-order chi connectivity index (χ1) is 9.70. The van der Waals surface area contributed by atoms with E-state index in [0.717, 1.165) is 10.7 Å². The highest BCUT2D eigenvalue weighted by atomic mass is 32.1. The molecule has 0 unspecified atom stereocenters. The van der Waals surface area contributed by atoms with Crippen LogP contribution in [0.25, 0.3) is 16.1 Å². The largest absolute Gasteiger partial charge is 0.420 e. The van der Waals surface area contributed by atoms with Gasteiger partial charge in [0.05, 0.1) is 17.8 Å². The van der Waals surface area contributed by atoms with Crippen molar-refractivity contribution in [1.82, 2.24) is 14.0 Å². The lowest BCUT2D eigenvalue weighted by atomic mass is 10.3. The van der Waals surface area contributed by atoms with E-state index in [-0.39, 0.29) is 0 Å². The number of hydrogen-bond donors (Lipinski definition) is 1. The molecule has 0 fully saturated rings. The van der Waals surface area contributed by atoms with Gasteiger partial charge in [-0.2, -0.15) is 0 Å². The van der Waals surface area contributed by atoms with Crippen molar-refractivity contribution in [2.24, 2.45) is 0 Å². The zero-order valence-electron chi connectivity index (χ0n) is 10.3. The predicted molar refractivity (Wildman–Crippen MR) is 77.1 cm³/mol. The maximum Gasteiger partial charge on any atom is 0.420 e. The number of fused-ring (bicyclic) bond motifs is 2. The fourth-order valence-corrected chi connectivity index (χ4v) is 2.96. The van der Waals surface area contributed by atoms with E-state index < -0.39 is 5.76 Å². The number of anilines is 1. The second-order valence-electron chi connectivity index (χ2n) is 4.51. The smallest absolute Gasteiger partial charge is 0.408 e. The van der Waals surface area contributed by atoms with Crippen molar-refractivity contribution < 1.29 is 4.42 Å². The standard InChI is InChI=1S/C13H10N4O2S/c14-8-1-2-11-10(5-8)17(13(18)19-11)7-9-6-16-3-4-20-12(16)15-9/h1-6H,7,14H2. The number of benzene rings is 1. The van der Waals surface area contributed by atoms with Crippen LogP contribution in [0.15, 0.2) is 45.2 Å². The topological polar surface area (TPSA) is 78.5 Å². The van der Waals surface area contributed by atoms with E-state index in [1.165, 1.54) is 4.57 Å². The summed E-state index contributed by atoms with van der Waals surface area (Å²) in [5, 5.41) is 1.96. The number of nitrogens with zero attached hydrogens (tertiary/aromatic N) is 3. The number of nitrogen functional groups attached to an aromatic ring is 1. The maximum absolute atomic E-state index is 11.9. The highest BCUT2D eigenvalue weighted by Gasteiger charge is 2.12. The number of oxazole rings is 1. The lowest BCUT2D eigenvalue weighted by Gasteiger charge is -1.99. The SMILES string of the molecule is Nc1ccc2oc(=O)n(Cc3cn4ccsc4n3)c2c1. The summed E-state index contributed by atoms with van der Waals surface area (Å²) in [7, 11) is 0. The van der Waals surface area contributed by atoms with Crippen LogP contribution >= 0.6 is 11.3 Å². The number of imidazole rings is 1. The molecule has 0 amide bonds. The van der Waals surface area contributed by atoms with Gasteiger partial charge in [0.1, 0.15) is 0 Å². The number of nitrogens with two attached hydrogens (primary N) is 1. The molecule has 2 N–H and O–H groups in total. The van der Waals surface area contributed by atoms with Crippen LogP contribution in [0.2, 0.25) is 0 Å². The molecule has 4 aromatic rings. The van der Waals surface area contributed by atoms with E-state index >= 15 is 0 Å². The lowest BCUT2D eigenvalue weighted by Crippen LogP contribution is -2.15. The van der Waals surface area contributed by atoms with Crippen LogP contribution in [0.5, 0.6) is 0 Å². The van der Waals surface area contributed by atoms with E-state index in [2.05, 4.69) is 4.98 Å². The van der Waals surface area contributed by atoms with Crippen molar-refractivity contribution in [2.75, 3.05) is 5.73 Å². The van der Waals surface area contributed by atoms with Crippen LogP contribution in [0, 0.1) is 0 Å². The van der Waals surface area contributed by atoms with Crippen molar-refractivity contribution in [1.29, 1.82) is 0 Å². The monoisotopic (exact) mass is 286 g/mol. The Morgan fingerprint density at radius 3 is 3.15 bits per heavy atom. The summed E-state index contributed by atoms with van der Waals surface area (Å²) in [4.78, 5) is 17.3. The second-order valence-corrected chi connectivity index (χ2v) is 5.38. The molecular weight excluding hydrogens is 276 g/mol. The molecule has 0 spiro atoms. The Hall–Kier alpha value is -2.54. The molecule has 0 saturated heterocycles. The van der Waals surface area contributed by atoms with E-state index in [9.17, 15) is 4.79 Å². The summed E-state index contributed by atoms with van der Waals surface area (Å²) in [6.07, 6.45) is 3.84. The van der Waals surface area contributed by atoms with Crippen LogP contribution in [0.1, 0.15) is 5.69 Å². The zero-order valence-corrected chi connectivity index (χ0v) is 11.1. The Morgan fingerprint density at radius 2 is 2.30 bits per heavy atom. The fourth-order valence-electron chi connectivity index (χ4n) is 2.24. The minimum atomic E-state index is -0.401. The summed E-state index contributed by atoms with van der Waals surface area (Å²) in [6, 6.07) is 5.15. The van der Waals surface area contributed by atoms with Gasteiger partial charge in [0.15, 0.2) is 10.5 Å². The van der Waals surface area contributed by atoms with Gasteiger partial charge in [-0.05, 0) is 18.2 Å². The Kier molecular flexibility index (Phi) is 2.25. The average molecular weight is 286 g/mol. The number of hydrogen-bond acceptors (Lipinski definition) is 5. The van der Waals surface area contributed by atoms with Gasteiger partial charge in [0.25, 0.3) is 0 Å². The third-order valence-electron chi connectivity index (χ3n) is 3.15. The molecule has 3 aromatic heterocycles. The van der Waals surface area contributed by atoms with Gasteiger partial charge in [0.2, 0.25) is 0 Å². The van der Waals surface area contributed by atoms with Crippen LogP contribution < -0.4 is 11.5 Å². The van der Waals surface area contributed by atoms with Crippen LogP contribution in [0.3, 0.4) is 0 Å². The second kappa shape index (κ2) is 3.97. The van der Waals surface area contributed by atoms with Crippen molar-refractivity contribution >= 4 is 33.1 Å². The molecule has 4 rings (SSSR count). The van der Waals surface area contributed by atoms with Gasteiger partial charge in [-0.25, -0.2) is 9.78 Å². The van der Waals surface area contributed by atoms with Gasteiger partial charge in [-0.15, -0.1) is 11.3 Å². The molecule has 0 saturated carbocycles. The minimum Gasteiger partial charge on any atom is -0.408 e. The van der Waals surface area contributed by atoms with Gasteiger partial charge >= 0.3 is 5.76 Å². The molecule has 0 aliphatic rings. The number of rotatable bonds is 2. The third kappa shape index (κ3) is 1.64. The maximum atomic E-state index is 11.9. The highest BCUT2D eigenvalue weighted by Crippen LogP contribution is 2.18. The zero-order chi connectivity index (χ0) is 13.7. The molecule has 6 nitrogen and oxygen atoms in total. The summed E-state index contributed by atoms with van der Waals surface area (Å²) in [5.41, 5.74) is 8.39. The number of aromatic nitrogens is 3. The molecule has 100 valence electrons. The first kappa shape index (κ1) is 11.3. The molecule has 1 aromatic carbocycles. The van der Waals surface area contributed by atoms with E-state index in [4.69, 9.17) is 10.2 Å². The van der Waals surface area contributed by atoms with E-state index in [0.29, 0.717) is 23.3 Å². The summed E-state index contributed by atoms with van der Waals surface area (Å²) in [6.45, 7) is 0.365. The molecule has 3 heterocycles. The van der Waals surface area contributed by atoms with Gasteiger partial charge in [-0.3, -0.25) is 8.97 Å². The van der Waals surface area contributed by atoms with E-state index in [1.54, 1.807) is 29.5 Å². The molecular formula is C13H10N4O2S. The fraction of sp³-hybridized carbons (Fsp3) is 0.0769. The summed E-state index contributed by atoms with van der Waals surface area (Å²) < 4.78 is 8.67. The van der Waals surface area contributed by atoms with E-state index in [1.807, 2.05) is 22.2 Å². The molecule has 0 bridgehead atoms. The van der Waals surface area contributed by atoms with Crippen molar-refractivity contribution in [3.05, 3.63) is 52.2 Å². The Bertz CT molecular complexity index is 947. The normalized spacial score (nSPS) is 11.6. The average Bonchev–Trinajstić information content (AvgIpc) is 3.05. The Morgan fingerprint density at radius 1 is 1.40 bits per heavy atom. The highest BCUT2D eigenvalue weighted by molar-refractivity contribution is 7.15. The van der Waals surface area contributed by atoms with Crippen molar-refractivity contribution in [2.45, 2.75) is 6.54 Å². The van der Waals surface area contributed by atoms with Crippen LogP contribution in [-0.4, -0.2) is 14.0 Å². The van der Waals surface area contributed by atoms with Crippen LogP contribution in [0.4, 0.5) is 5.69 Å². The third-order valence-corrected chi connectivity index (χ3v) is 3.93. The Labute approximate surface area is 116 Å². The molecule has 7 heteroatoms. The first-order valence-electron chi connectivity index (χ1n) is 6.01.